The molecule has 0 bridgehead atoms. The van der Waals surface area contributed by atoms with Crippen LogP contribution >= 0.6 is 24.0 Å². The average Bonchev–Trinajstić information content (AvgIpc) is 3.31. The molecular weight excluding hydrogens is 460 g/mol. The Morgan fingerprint density at radius 3 is 2.67 bits per heavy atom. The quantitative estimate of drug-likeness (QED) is 0.388. The molecule has 1 aliphatic carbocycles. The van der Waals surface area contributed by atoms with Crippen molar-refractivity contribution in [2.45, 2.75) is 24.8 Å². The lowest BCUT2D eigenvalue weighted by molar-refractivity contribution is 0.174. The Morgan fingerprint density at radius 2 is 1.93 bits per heavy atom. The smallest absolute Gasteiger partial charge is 0.231 e. The summed E-state index contributed by atoms with van der Waals surface area (Å²) >= 11 is 0. The molecule has 2 N–H and O–H groups in total. The fourth-order valence-corrected chi connectivity index (χ4v) is 3.25. The molecule has 0 radical (unpaired) electrons. The molecule has 7 heteroatoms. The van der Waals surface area contributed by atoms with Gasteiger partial charge in [-0.1, -0.05) is 18.2 Å². The molecule has 0 saturated heterocycles. The van der Waals surface area contributed by atoms with E-state index in [9.17, 15) is 4.39 Å². The third kappa shape index (κ3) is 4.45. The minimum atomic E-state index is -0.181. The van der Waals surface area contributed by atoms with Gasteiger partial charge in [0.05, 0.1) is 0 Å². The van der Waals surface area contributed by atoms with Crippen LogP contribution in [0.15, 0.2) is 47.5 Å². The predicted molar refractivity (Wildman–Crippen MR) is 113 cm³/mol. The number of benzene rings is 2. The molecule has 5 nitrogen and oxygen atoms in total. The van der Waals surface area contributed by atoms with Crippen LogP contribution in [0.5, 0.6) is 11.5 Å². The number of rotatable bonds is 5. The summed E-state index contributed by atoms with van der Waals surface area (Å²) in [6, 6.07) is 12.8. The molecule has 0 unspecified atom stereocenters. The maximum atomic E-state index is 13.5. The summed E-state index contributed by atoms with van der Waals surface area (Å²) in [6.45, 7) is 1.64. The van der Waals surface area contributed by atoms with Crippen molar-refractivity contribution in [2.75, 3.05) is 20.4 Å². The van der Waals surface area contributed by atoms with Crippen LogP contribution in [0.4, 0.5) is 4.39 Å². The fourth-order valence-electron chi connectivity index (χ4n) is 3.25. The van der Waals surface area contributed by atoms with Gasteiger partial charge in [-0.25, -0.2) is 4.39 Å². The molecule has 1 saturated carbocycles. The number of nitrogens with one attached hydrogen (secondary N) is 2. The molecule has 0 atom stereocenters. The maximum Gasteiger partial charge on any atom is 0.231 e. The van der Waals surface area contributed by atoms with E-state index in [0.717, 1.165) is 48.0 Å². The van der Waals surface area contributed by atoms with Gasteiger partial charge >= 0.3 is 0 Å². The first-order valence-electron chi connectivity index (χ1n) is 8.78. The van der Waals surface area contributed by atoms with Crippen LogP contribution < -0.4 is 20.1 Å². The number of aliphatic imine (C=N–C) groups is 1. The first-order valence-corrected chi connectivity index (χ1v) is 8.78. The molecular formula is C20H23FIN3O2. The standard InChI is InChI=1S/C20H22FN3O2.HI/c1-22-19(23-11-14-5-6-17-18(9-14)26-13-25-17)24-12-20(7-8-20)15-3-2-4-16(21)10-15;/h2-6,9-10H,7-8,11-13H2,1H3,(H2,22,23,24);1H. The Bertz CT molecular complexity index is 840. The minimum Gasteiger partial charge on any atom is -0.454 e. The van der Waals surface area contributed by atoms with Crippen LogP contribution in [0.1, 0.15) is 24.0 Å². The number of ether oxygens (including phenoxy) is 2. The first-order chi connectivity index (χ1) is 12.7. The third-order valence-electron chi connectivity index (χ3n) is 5.01. The highest BCUT2D eigenvalue weighted by Gasteiger charge is 2.44. The van der Waals surface area contributed by atoms with E-state index in [0.29, 0.717) is 6.54 Å². The molecule has 2 aliphatic rings. The molecule has 1 aliphatic heterocycles. The zero-order chi connectivity index (χ0) is 18.0. The Balaban J connectivity index is 0.00000210. The molecule has 0 spiro atoms. The van der Waals surface area contributed by atoms with Crippen molar-refractivity contribution in [2.24, 2.45) is 4.99 Å². The molecule has 144 valence electrons. The Morgan fingerprint density at radius 1 is 1.11 bits per heavy atom. The van der Waals surface area contributed by atoms with Crippen molar-refractivity contribution < 1.29 is 13.9 Å². The van der Waals surface area contributed by atoms with Gasteiger partial charge in [-0.2, -0.15) is 0 Å². The lowest BCUT2D eigenvalue weighted by Gasteiger charge is -2.19. The van der Waals surface area contributed by atoms with Gasteiger partial charge in [-0.05, 0) is 48.2 Å². The summed E-state index contributed by atoms with van der Waals surface area (Å²) in [5.41, 5.74) is 2.15. The van der Waals surface area contributed by atoms with Gasteiger partial charge in [-0.15, -0.1) is 24.0 Å². The van der Waals surface area contributed by atoms with E-state index in [1.54, 1.807) is 19.2 Å². The van der Waals surface area contributed by atoms with Crippen molar-refractivity contribution in [3.8, 4) is 11.5 Å². The van der Waals surface area contributed by atoms with Crippen LogP contribution in [-0.2, 0) is 12.0 Å². The highest BCUT2D eigenvalue weighted by Crippen LogP contribution is 2.47. The van der Waals surface area contributed by atoms with Gasteiger partial charge in [0.15, 0.2) is 17.5 Å². The topological polar surface area (TPSA) is 54.9 Å². The highest BCUT2D eigenvalue weighted by molar-refractivity contribution is 14.0. The number of guanidine groups is 1. The Kier molecular flexibility index (Phi) is 6.08. The largest absolute Gasteiger partial charge is 0.454 e. The fraction of sp³-hybridized carbons (Fsp3) is 0.350. The van der Waals surface area contributed by atoms with Crippen LogP contribution in [0.25, 0.3) is 0 Å². The van der Waals surface area contributed by atoms with Gasteiger partial charge in [0.25, 0.3) is 0 Å². The zero-order valence-electron chi connectivity index (χ0n) is 15.1. The molecule has 0 amide bonds. The van der Waals surface area contributed by atoms with Gasteiger partial charge < -0.3 is 20.1 Å². The number of hydrogen-bond donors (Lipinski definition) is 2. The molecule has 2 aromatic carbocycles. The van der Waals surface area contributed by atoms with Crippen molar-refractivity contribution in [1.29, 1.82) is 0 Å². The maximum absolute atomic E-state index is 13.5. The molecule has 0 aromatic heterocycles. The van der Waals surface area contributed by atoms with Gasteiger partial charge in [0, 0.05) is 25.6 Å². The van der Waals surface area contributed by atoms with Crippen molar-refractivity contribution in [3.63, 3.8) is 0 Å². The van der Waals surface area contributed by atoms with Crippen LogP contribution in [-0.4, -0.2) is 26.3 Å². The molecule has 4 rings (SSSR count). The number of halogens is 2. The second kappa shape index (κ2) is 8.33. The lowest BCUT2D eigenvalue weighted by Crippen LogP contribution is -2.40. The van der Waals surface area contributed by atoms with Crippen molar-refractivity contribution in [1.82, 2.24) is 10.6 Å². The van der Waals surface area contributed by atoms with Gasteiger partial charge in [0.2, 0.25) is 6.79 Å². The first kappa shape index (κ1) is 19.7. The van der Waals surface area contributed by atoms with E-state index in [4.69, 9.17) is 9.47 Å². The average molecular weight is 483 g/mol. The normalized spacial score (nSPS) is 16.4. The number of fused-ring (bicyclic) bond motifs is 1. The molecule has 1 heterocycles. The monoisotopic (exact) mass is 483 g/mol. The van der Waals surface area contributed by atoms with E-state index < -0.39 is 0 Å². The Labute approximate surface area is 175 Å². The van der Waals surface area contributed by atoms with Crippen molar-refractivity contribution >= 4 is 29.9 Å². The summed E-state index contributed by atoms with van der Waals surface area (Å²) in [7, 11) is 1.75. The van der Waals surface area contributed by atoms with E-state index in [-0.39, 0.29) is 42.0 Å². The summed E-state index contributed by atoms with van der Waals surface area (Å²) in [5, 5.41) is 6.68. The van der Waals surface area contributed by atoms with Gasteiger partial charge in [-0.3, -0.25) is 4.99 Å². The summed E-state index contributed by atoms with van der Waals surface area (Å²) < 4.78 is 24.3. The minimum absolute atomic E-state index is 0. The second-order valence-electron chi connectivity index (χ2n) is 6.76. The van der Waals surface area contributed by atoms with E-state index >= 15 is 0 Å². The van der Waals surface area contributed by atoms with Gasteiger partial charge in [0.1, 0.15) is 5.82 Å². The highest BCUT2D eigenvalue weighted by atomic mass is 127. The lowest BCUT2D eigenvalue weighted by atomic mass is 9.96. The predicted octanol–water partition coefficient (Wildman–Crippen LogP) is 3.57. The Hall–Kier alpha value is -2.03. The zero-order valence-corrected chi connectivity index (χ0v) is 17.5. The summed E-state index contributed by atoms with van der Waals surface area (Å²) in [5.74, 6) is 2.10. The van der Waals surface area contributed by atoms with Crippen molar-refractivity contribution in [3.05, 3.63) is 59.4 Å². The van der Waals surface area contributed by atoms with E-state index in [2.05, 4.69) is 15.6 Å². The number of hydrogen-bond acceptors (Lipinski definition) is 3. The number of nitrogens with zero attached hydrogens (tertiary/aromatic N) is 1. The van der Waals surface area contributed by atoms with E-state index in [1.807, 2.05) is 24.3 Å². The SMILES string of the molecule is CN=C(NCc1ccc2c(c1)OCO2)NCC1(c2cccc(F)c2)CC1.I. The molecule has 1 fully saturated rings. The van der Waals surface area contributed by atoms with Crippen LogP contribution in [0.2, 0.25) is 0 Å². The molecule has 27 heavy (non-hydrogen) atoms. The van der Waals surface area contributed by atoms with E-state index in [1.165, 1.54) is 6.07 Å². The summed E-state index contributed by atoms with van der Waals surface area (Å²) in [6.07, 6.45) is 2.12. The third-order valence-corrected chi connectivity index (χ3v) is 5.01. The second-order valence-corrected chi connectivity index (χ2v) is 6.76. The summed E-state index contributed by atoms with van der Waals surface area (Å²) in [4.78, 5) is 4.28. The molecule has 2 aromatic rings. The van der Waals surface area contributed by atoms with Crippen LogP contribution in [0.3, 0.4) is 0 Å². The van der Waals surface area contributed by atoms with Crippen LogP contribution in [0, 0.1) is 5.82 Å².